The highest BCUT2D eigenvalue weighted by molar-refractivity contribution is 9.10. The number of carbonyl (C=O) groups excluding carboxylic acids is 1. The van der Waals surface area contributed by atoms with Crippen LogP contribution in [0.5, 0.6) is 5.75 Å². The normalized spacial score (nSPS) is 11.1. The van der Waals surface area contributed by atoms with Crippen LogP contribution in [0.4, 0.5) is 10.5 Å². The highest BCUT2D eigenvalue weighted by atomic mass is 79.9. The molecule has 0 atom stereocenters. The van der Waals surface area contributed by atoms with Gasteiger partial charge in [-0.1, -0.05) is 38.4 Å². The Kier molecular flexibility index (Phi) is 7.35. The number of nitrogens with one attached hydrogen (secondary N) is 2. The Hall–Kier alpha value is -1.72. The van der Waals surface area contributed by atoms with Crippen molar-refractivity contribution in [3.8, 4) is 5.75 Å². The van der Waals surface area contributed by atoms with E-state index >= 15 is 0 Å². The maximum absolute atomic E-state index is 11.8. The Morgan fingerprint density at radius 3 is 2.46 bits per heavy atom. The van der Waals surface area contributed by atoms with Crippen LogP contribution in [0.1, 0.15) is 32.8 Å². The number of ether oxygens (including phenoxy) is 1. The maximum atomic E-state index is 11.8. The largest absolute Gasteiger partial charge is 0.492 e. The average molecular weight is 440 g/mol. The molecule has 0 saturated carbocycles. The molecule has 0 unspecified atom stereocenters. The predicted octanol–water partition coefficient (Wildman–Crippen LogP) is 5.99. The lowest BCUT2D eigenvalue weighted by Gasteiger charge is -2.20. The Morgan fingerprint density at radius 2 is 1.85 bits per heavy atom. The number of carbonyl (C=O) groups is 1. The average Bonchev–Trinajstić information content (AvgIpc) is 2.57. The van der Waals surface area contributed by atoms with Crippen molar-refractivity contribution < 1.29 is 9.53 Å². The lowest BCUT2D eigenvalue weighted by Crippen LogP contribution is -2.30. The summed E-state index contributed by atoms with van der Waals surface area (Å²) in [5.41, 5.74) is 2.05. The van der Waals surface area contributed by atoms with Crippen LogP contribution in [0.3, 0.4) is 0 Å². The monoisotopic (exact) mass is 438 g/mol. The molecule has 140 valence electrons. The topological polar surface area (TPSA) is 50.4 Å². The van der Waals surface area contributed by atoms with E-state index in [1.165, 1.54) is 5.56 Å². The third-order valence-electron chi connectivity index (χ3n) is 3.76. The summed E-state index contributed by atoms with van der Waals surface area (Å²) < 4.78 is 6.73. The van der Waals surface area contributed by atoms with E-state index < -0.39 is 0 Å². The smallest absolute Gasteiger partial charge is 0.319 e. The minimum atomic E-state index is -0.247. The molecule has 0 spiro atoms. The van der Waals surface area contributed by atoms with Crippen LogP contribution in [0, 0.1) is 0 Å². The van der Waals surface area contributed by atoms with Crippen LogP contribution in [0.2, 0.25) is 5.02 Å². The molecule has 0 radical (unpaired) electrons. The second-order valence-electron chi connectivity index (χ2n) is 6.99. The van der Waals surface area contributed by atoms with Gasteiger partial charge in [0.25, 0.3) is 0 Å². The summed E-state index contributed by atoms with van der Waals surface area (Å²) in [6.45, 7) is 7.58. The van der Waals surface area contributed by atoms with Gasteiger partial charge in [-0.2, -0.15) is 0 Å². The van der Waals surface area contributed by atoms with Gasteiger partial charge in [0.2, 0.25) is 0 Å². The van der Waals surface area contributed by atoms with Crippen LogP contribution in [-0.2, 0) is 5.41 Å². The van der Waals surface area contributed by atoms with Gasteiger partial charge >= 0.3 is 6.03 Å². The summed E-state index contributed by atoms with van der Waals surface area (Å²) in [5, 5.41) is 6.19. The molecule has 2 rings (SSSR count). The summed E-state index contributed by atoms with van der Waals surface area (Å²) in [6, 6.07) is 12.9. The highest BCUT2D eigenvalue weighted by Gasteiger charge is 2.15. The van der Waals surface area contributed by atoms with E-state index in [0.717, 1.165) is 10.2 Å². The van der Waals surface area contributed by atoms with Crippen LogP contribution in [0.15, 0.2) is 46.9 Å². The zero-order valence-electron chi connectivity index (χ0n) is 15.2. The molecule has 2 amide bonds. The zero-order chi connectivity index (χ0) is 19.2. The van der Waals surface area contributed by atoms with Crippen molar-refractivity contribution in [1.82, 2.24) is 5.32 Å². The second kappa shape index (κ2) is 9.28. The van der Waals surface area contributed by atoms with Crippen molar-refractivity contribution in [3.63, 3.8) is 0 Å². The van der Waals surface area contributed by atoms with Gasteiger partial charge in [0.05, 0.1) is 11.1 Å². The standard InChI is InChI=1S/C20H24BrClN2O2/c1-20(2,3)14-5-10-18(17(21)13-14)26-12-4-11-23-19(25)24-16-8-6-15(22)7-9-16/h5-10,13H,4,11-12H2,1-3H3,(H2,23,24,25). The van der Waals surface area contributed by atoms with Crippen molar-refractivity contribution in [2.45, 2.75) is 32.6 Å². The third-order valence-corrected chi connectivity index (χ3v) is 4.64. The lowest BCUT2D eigenvalue weighted by molar-refractivity contribution is 0.250. The molecule has 2 aromatic carbocycles. The number of anilines is 1. The molecule has 0 aliphatic carbocycles. The van der Waals surface area contributed by atoms with Gasteiger partial charge in [0.1, 0.15) is 5.75 Å². The summed E-state index contributed by atoms with van der Waals surface area (Å²) in [5.74, 6) is 0.809. The minimum absolute atomic E-state index is 0.0996. The maximum Gasteiger partial charge on any atom is 0.319 e. The Balaban J connectivity index is 1.70. The van der Waals surface area contributed by atoms with E-state index in [-0.39, 0.29) is 11.4 Å². The van der Waals surface area contributed by atoms with Crippen molar-refractivity contribution in [1.29, 1.82) is 0 Å². The zero-order valence-corrected chi connectivity index (χ0v) is 17.6. The molecule has 0 fully saturated rings. The molecule has 0 aliphatic heterocycles. The molecule has 0 aliphatic rings. The van der Waals surface area contributed by atoms with Crippen LogP contribution in [-0.4, -0.2) is 19.2 Å². The Morgan fingerprint density at radius 1 is 1.15 bits per heavy atom. The van der Waals surface area contributed by atoms with E-state index in [4.69, 9.17) is 16.3 Å². The second-order valence-corrected chi connectivity index (χ2v) is 8.28. The fourth-order valence-corrected chi connectivity index (χ4v) is 2.87. The molecule has 26 heavy (non-hydrogen) atoms. The number of halogens is 2. The molecule has 4 nitrogen and oxygen atoms in total. The van der Waals surface area contributed by atoms with Crippen molar-refractivity contribution >= 4 is 39.2 Å². The molecule has 0 saturated heterocycles. The van der Waals surface area contributed by atoms with E-state index in [0.29, 0.717) is 30.3 Å². The van der Waals surface area contributed by atoms with Gasteiger partial charge in [0, 0.05) is 17.3 Å². The lowest BCUT2D eigenvalue weighted by atomic mass is 9.87. The number of hydrogen-bond donors (Lipinski definition) is 2. The number of benzene rings is 2. The molecule has 0 bridgehead atoms. The number of amides is 2. The Labute approximate surface area is 168 Å². The van der Waals surface area contributed by atoms with E-state index in [1.807, 2.05) is 6.07 Å². The van der Waals surface area contributed by atoms with Gasteiger partial charge in [0.15, 0.2) is 0 Å². The van der Waals surface area contributed by atoms with Crippen LogP contribution >= 0.6 is 27.5 Å². The summed E-state index contributed by atoms with van der Waals surface area (Å²) in [6.07, 6.45) is 0.710. The number of rotatable bonds is 6. The van der Waals surface area contributed by atoms with Gasteiger partial charge in [-0.3, -0.25) is 0 Å². The van der Waals surface area contributed by atoms with Gasteiger partial charge in [-0.25, -0.2) is 4.79 Å². The summed E-state index contributed by atoms with van der Waals surface area (Å²) >= 11 is 9.37. The number of hydrogen-bond acceptors (Lipinski definition) is 2. The highest BCUT2D eigenvalue weighted by Crippen LogP contribution is 2.31. The van der Waals surface area contributed by atoms with E-state index in [9.17, 15) is 4.79 Å². The molecule has 2 aromatic rings. The summed E-state index contributed by atoms with van der Waals surface area (Å²) in [4.78, 5) is 11.8. The molecule has 0 heterocycles. The number of urea groups is 1. The van der Waals surface area contributed by atoms with Crippen molar-refractivity contribution in [2.75, 3.05) is 18.5 Å². The quantitative estimate of drug-likeness (QED) is 0.543. The third kappa shape index (κ3) is 6.54. The minimum Gasteiger partial charge on any atom is -0.492 e. The van der Waals surface area contributed by atoms with Crippen molar-refractivity contribution in [2.24, 2.45) is 0 Å². The van der Waals surface area contributed by atoms with Gasteiger partial charge in [-0.05, 0) is 69.7 Å². The summed E-state index contributed by atoms with van der Waals surface area (Å²) in [7, 11) is 0. The molecule has 0 aromatic heterocycles. The fourth-order valence-electron chi connectivity index (χ4n) is 2.25. The van der Waals surface area contributed by atoms with Crippen LogP contribution < -0.4 is 15.4 Å². The first-order chi connectivity index (χ1) is 12.3. The van der Waals surface area contributed by atoms with E-state index in [2.05, 4.69) is 59.5 Å². The first-order valence-corrected chi connectivity index (χ1v) is 9.66. The van der Waals surface area contributed by atoms with Gasteiger partial charge < -0.3 is 15.4 Å². The molecular formula is C20H24BrClN2O2. The first-order valence-electron chi connectivity index (χ1n) is 8.49. The molecular weight excluding hydrogens is 416 g/mol. The van der Waals surface area contributed by atoms with Crippen LogP contribution in [0.25, 0.3) is 0 Å². The fraction of sp³-hybridized carbons (Fsp3) is 0.350. The predicted molar refractivity (Wildman–Crippen MR) is 111 cm³/mol. The van der Waals surface area contributed by atoms with Crippen molar-refractivity contribution in [3.05, 3.63) is 57.5 Å². The van der Waals surface area contributed by atoms with Gasteiger partial charge in [-0.15, -0.1) is 0 Å². The van der Waals surface area contributed by atoms with E-state index in [1.54, 1.807) is 24.3 Å². The Bertz CT molecular complexity index is 742. The first kappa shape index (κ1) is 20.6. The SMILES string of the molecule is CC(C)(C)c1ccc(OCCCNC(=O)Nc2ccc(Cl)cc2)c(Br)c1. The molecule has 2 N–H and O–H groups in total. The molecule has 6 heteroatoms.